The van der Waals surface area contributed by atoms with E-state index in [1.807, 2.05) is 61.7 Å². The van der Waals surface area contributed by atoms with Gasteiger partial charge in [-0.1, -0.05) is 18.2 Å². The van der Waals surface area contributed by atoms with Crippen molar-refractivity contribution in [3.05, 3.63) is 66.0 Å². The molecule has 1 atom stereocenters. The molecular weight excluding hydrogens is 366 g/mol. The van der Waals surface area contributed by atoms with E-state index < -0.39 is 0 Å². The first-order valence-electron chi connectivity index (χ1n) is 9.76. The van der Waals surface area contributed by atoms with Crippen LogP contribution in [-0.2, 0) is 6.61 Å². The second-order valence-electron chi connectivity index (χ2n) is 7.17. The molecule has 150 valence electrons. The van der Waals surface area contributed by atoms with Gasteiger partial charge in [-0.2, -0.15) is 0 Å². The van der Waals surface area contributed by atoms with Crippen LogP contribution < -0.4 is 14.4 Å². The van der Waals surface area contributed by atoms with Gasteiger partial charge in [0, 0.05) is 30.8 Å². The Labute approximate surface area is 170 Å². The number of anilines is 1. The Morgan fingerprint density at radius 3 is 2.76 bits per heavy atom. The van der Waals surface area contributed by atoms with E-state index in [2.05, 4.69) is 9.88 Å². The molecule has 4 rings (SSSR count). The van der Waals surface area contributed by atoms with E-state index in [0.29, 0.717) is 11.6 Å². The standard InChI is InChI=1S/C23H25N3O3/c1-16-7-10-23(24-13-16)29-17-11-12-26(14-17)21-9-8-19(25-20(21)15-27)18-5-3-4-6-22(18)28-2/h3-10,13,17,27H,11-12,14-15H2,1-2H3/t17-/m0/s1. The minimum absolute atomic E-state index is 0.0608. The highest BCUT2D eigenvalue weighted by molar-refractivity contribution is 5.69. The van der Waals surface area contributed by atoms with Crippen molar-refractivity contribution in [2.24, 2.45) is 0 Å². The third kappa shape index (κ3) is 4.17. The minimum atomic E-state index is -0.125. The van der Waals surface area contributed by atoms with Crippen molar-refractivity contribution in [3.8, 4) is 22.9 Å². The molecule has 0 spiro atoms. The van der Waals surface area contributed by atoms with E-state index in [1.165, 1.54) is 0 Å². The maximum atomic E-state index is 9.94. The molecule has 29 heavy (non-hydrogen) atoms. The lowest BCUT2D eigenvalue weighted by Gasteiger charge is -2.22. The third-order valence-electron chi connectivity index (χ3n) is 5.14. The molecule has 2 aromatic heterocycles. The molecule has 3 aromatic rings. The smallest absolute Gasteiger partial charge is 0.213 e. The van der Waals surface area contributed by atoms with Crippen LogP contribution in [0.3, 0.4) is 0 Å². The van der Waals surface area contributed by atoms with Crippen LogP contribution in [0.1, 0.15) is 17.7 Å². The molecule has 0 aliphatic carbocycles. The van der Waals surface area contributed by atoms with Gasteiger partial charge >= 0.3 is 0 Å². The van der Waals surface area contributed by atoms with Gasteiger partial charge < -0.3 is 19.5 Å². The zero-order valence-corrected chi connectivity index (χ0v) is 16.7. The number of hydrogen-bond acceptors (Lipinski definition) is 6. The van der Waals surface area contributed by atoms with Gasteiger partial charge in [0.05, 0.1) is 37.3 Å². The van der Waals surface area contributed by atoms with Crippen LogP contribution in [0.25, 0.3) is 11.3 Å². The Hall–Kier alpha value is -3.12. The summed E-state index contributed by atoms with van der Waals surface area (Å²) in [6, 6.07) is 15.7. The highest BCUT2D eigenvalue weighted by Gasteiger charge is 2.26. The van der Waals surface area contributed by atoms with Gasteiger partial charge in [-0.05, 0) is 36.8 Å². The monoisotopic (exact) mass is 391 g/mol. The van der Waals surface area contributed by atoms with E-state index >= 15 is 0 Å². The molecule has 0 unspecified atom stereocenters. The highest BCUT2D eigenvalue weighted by Crippen LogP contribution is 2.32. The van der Waals surface area contributed by atoms with Gasteiger partial charge in [0.1, 0.15) is 11.9 Å². The van der Waals surface area contributed by atoms with E-state index in [9.17, 15) is 5.11 Å². The number of aliphatic hydroxyl groups excluding tert-OH is 1. The number of benzene rings is 1. The second kappa shape index (κ2) is 8.49. The quantitative estimate of drug-likeness (QED) is 0.692. The number of pyridine rings is 2. The van der Waals surface area contributed by atoms with Gasteiger partial charge in [0.15, 0.2) is 0 Å². The number of rotatable bonds is 6. The first-order chi connectivity index (χ1) is 14.2. The summed E-state index contributed by atoms with van der Waals surface area (Å²) < 4.78 is 11.5. The molecular formula is C23H25N3O3. The van der Waals surface area contributed by atoms with Gasteiger partial charge in [-0.15, -0.1) is 0 Å². The molecule has 0 amide bonds. The molecule has 0 radical (unpaired) electrons. The average molecular weight is 391 g/mol. The maximum absolute atomic E-state index is 9.94. The van der Waals surface area contributed by atoms with Gasteiger partial charge in [0.2, 0.25) is 5.88 Å². The van der Waals surface area contributed by atoms with Crippen molar-refractivity contribution in [1.29, 1.82) is 0 Å². The molecule has 1 N–H and O–H groups in total. The zero-order valence-electron chi connectivity index (χ0n) is 16.7. The summed E-state index contributed by atoms with van der Waals surface area (Å²) >= 11 is 0. The Balaban J connectivity index is 1.52. The van der Waals surface area contributed by atoms with Crippen LogP contribution in [-0.4, -0.2) is 41.4 Å². The van der Waals surface area contributed by atoms with E-state index in [0.717, 1.165) is 47.8 Å². The first-order valence-corrected chi connectivity index (χ1v) is 9.76. The van der Waals surface area contributed by atoms with Gasteiger partial charge in [-0.3, -0.25) is 0 Å². The van der Waals surface area contributed by atoms with E-state index in [-0.39, 0.29) is 12.7 Å². The summed E-state index contributed by atoms with van der Waals surface area (Å²) in [7, 11) is 1.65. The predicted octanol–water partition coefficient (Wildman–Crippen LogP) is 3.61. The molecule has 1 aliphatic heterocycles. The number of methoxy groups -OCH3 is 1. The average Bonchev–Trinajstić information content (AvgIpc) is 3.23. The highest BCUT2D eigenvalue weighted by atomic mass is 16.5. The van der Waals surface area contributed by atoms with Gasteiger partial charge in [-0.25, -0.2) is 9.97 Å². The summed E-state index contributed by atoms with van der Waals surface area (Å²) in [5, 5.41) is 9.94. The summed E-state index contributed by atoms with van der Waals surface area (Å²) in [6.45, 7) is 3.46. The Morgan fingerprint density at radius 2 is 2.00 bits per heavy atom. The SMILES string of the molecule is COc1ccccc1-c1ccc(N2CC[C@H](Oc3ccc(C)cn3)C2)c(CO)n1. The normalized spacial score (nSPS) is 16.1. The second-order valence-corrected chi connectivity index (χ2v) is 7.17. The summed E-state index contributed by atoms with van der Waals surface area (Å²) in [4.78, 5) is 11.3. The summed E-state index contributed by atoms with van der Waals surface area (Å²) in [6.07, 6.45) is 2.77. The molecule has 1 aromatic carbocycles. The van der Waals surface area contributed by atoms with Crippen molar-refractivity contribution < 1.29 is 14.6 Å². The fourth-order valence-electron chi connectivity index (χ4n) is 3.64. The van der Waals surface area contributed by atoms with Crippen LogP contribution in [0.5, 0.6) is 11.6 Å². The van der Waals surface area contributed by atoms with Crippen LogP contribution in [0.4, 0.5) is 5.69 Å². The summed E-state index contributed by atoms with van der Waals surface area (Å²) in [5.41, 5.74) is 4.39. The number of para-hydroxylation sites is 1. The molecule has 1 saturated heterocycles. The van der Waals surface area contributed by atoms with Crippen molar-refractivity contribution >= 4 is 5.69 Å². The maximum Gasteiger partial charge on any atom is 0.213 e. The fraction of sp³-hybridized carbons (Fsp3) is 0.304. The Kier molecular flexibility index (Phi) is 5.62. The van der Waals surface area contributed by atoms with Crippen molar-refractivity contribution in [3.63, 3.8) is 0 Å². The number of ether oxygens (including phenoxy) is 2. The molecule has 0 saturated carbocycles. The van der Waals surface area contributed by atoms with Crippen LogP contribution in [0.15, 0.2) is 54.7 Å². The molecule has 3 heterocycles. The van der Waals surface area contributed by atoms with Crippen molar-refractivity contribution in [1.82, 2.24) is 9.97 Å². The van der Waals surface area contributed by atoms with Crippen molar-refractivity contribution in [2.45, 2.75) is 26.1 Å². The van der Waals surface area contributed by atoms with Crippen LogP contribution in [0.2, 0.25) is 0 Å². The number of aliphatic hydroxyl groups is 1. The largest absolute Gasteiger partial charge is 0.496 e. The molecule has 6 nitrogen and oxygen atoms in total. The lowest BCUT2D eigenvalue weighted by Crippen LogP contribution is -2.26. The van der Waals surface area contributed by atoms with Crippen LogP contribution in [0, 0.1) is 6.92 Å². The van der Waals surface area contributed by atoms with Gasteiger partial charge in [0.25, 0.3) is 0 Å². The number of aryl methyl sites for hydroxylation is 1. The lowest BCUT2D eigenvalue weighted by molar-refractivity contribution is 0.215. The molecule has 1 fully saturated rings. The topological polar surface area (TPSA) is 67.7 Å². The molecule has 0 bridgehead atoms. The first kappa shape index (κ1) is 19.2. The van der Waals surface area contributed by atoms with E-state index in [1.54, 1.807) is 7.11 Å². The third-order valence-corrected chi connectivity index (χ3v) is 5.14. The molecule has 1 aliphatic rings. The Bertz CT molecular complexity index is 975. The Morgan fingerprint density at radius 1 is 1.14 bits per heavy atom. The van der Waals surface area contributed by atoms with Crippen LogP contribution >= 0.6 is 0 Å². The van der Waals surface area contributed by atoms with Crippen molar-refractivity contribution in [2.75, 3.05) is 25.1 Å². The number of hydrogen-bond donors (Lipinski definition) is 1. The summed E-state index contributed by atoms with van der Waals surface area (Å²) in [5.74, 6) is 1.41. The lowest BCUT2D eigenvalue weighted by atomic mass is 10.1. The fourth-order valence-corrected chi connectivity index (χ4v) is 3.64. The molecule has 6 heteroatoms. The predicted molar refractivity (Wildman–Crippen MR) is 112 cm³/mol. The minimum Gasteiger partial charge on any atom is -0.496 e. The number of nitrogens with zero attached hydrogens (tertiary/aromatic N) is 3. The van der Waals surface area contributed by atoms with E-state index in [4.69, 9.17) is 14.5 Å². The zero-order chi connectivity index (χ0) is 20.2. The number of aromatic nitrogens is 2.